The number of nitrogens with zero attached hydrogens (tertiary/aromatic N) is 3. The molecule has 0 spiro atoms. The molecule has 1 amide bonds. The van der Waals surface area contributed by atoms with Crippen LogP contribution in [0.25, 0.3) is 10.9 Å². The van der Waals surface area contributed by atoms with Gasteiger partial charge in [0.15, 0.2) is 5.69 Å². The van der Waals surface area contributed by atoms with Crippen LogP contribution in [0.15, 0.2) is 36.5 Å². The van der Waals surface area contributed by atoms with E-state index in [1.54, 1.807) is 12.1 Å². The van der Waals surface area contributed by atoms with E-state index in [9.17, 15) is 15.1 Å². The fourth-order valence-corrected chi connectivity index (χ4v) is 5.51. The van der Waals surface area contributed by atoms with Crippen molar-refractivity contribution in [3.8, 4) is 5.75 Å². The van der Waals surface area contributed by atoms with Gasteiger partial charge in [-0.15, -0.1) is 0 Å². The molecule has 36 heavy (non-hydrogen) atoms. The van der Waals surface area contributed by atoms with E-state index < -0.39 is 11.5 Å². The number of carbonyl (C=O) groups excluding carboxylic acids is 1. The van der Waals surface area contributed by atoms with Gasteiger partial charge in [0.1, 0.15) is 5.75 Å². The van der Waals surface area contributed by atoms with Crippen molar-refractivity contribution in [1.29, 1.82) is 0 Å². The number of aromatic nitrogens is 3. The van der Waals surface area contributed by atoms with E-state index in [2.05, 4.69) is 5.32 Å². The van der Waals surface area contributed by atoms with Crippen LogP contribution in [0.5, 0.6) is 5.75 Å². The Balaban J connectivity index is 1.27. The fraction of sp³-hybridized carbons (Fsp3) is 0.536. The van der Waals surface area contributed by atoms with Gasteiger partial charge in [-0.1, -0.05) is 13.8 Å². The van der Waals surface area contributed by atoms with Crippen molar-refractivity contribution >= 4 is 22.5 Å². The number of hydrogen-bond donors (Lipinski definition) is 2. The van der Waals surface area contributed by atoms with E-state index in [1.165, 1.54) is 6.07 Å². The summed E-state index contributed by atoms with van der Waals surface area (Å²) in [7, 11) is 0. The van der Waals surface area contributed by atoms with Gasteiger partial charge in [-0.2, -0.15) is 9.83 Å². The number of benzene rings is 1. The van der Waals surface area contributed by atoms with Gasteiger partial charge in [0.25, 0.3) is 5.69 Å². The Hall–Kier alpha value is -3.13. The molecule has 3 saturated carbocycles. The highest BCUT2D eigenvalue weighted by atomic mass is 16.5. The number of anilines is 1. The zero-order valence-corrected chi connectivity index (χ0v) is 20.9. The molecule has 1 aromatic carbocycles. The SMILES string of the molecule is CC(C)c1cccc(C(=O)Nc2cc3cn(C4CCC(O)(C5CC5)CC4)nc3cc2OC2CC2)[n+]1[O-]. The molecule has 0 radical (unpaired) electrons. The summed E-state index contributed by atoms with van der Waals surface area (Å²) in [4.78, 5) is 13.1. The van der Waals surface area contributed by atoms with Crippen molar-refractivity contribution in [3.05, 3.63) is 53.1 Å². The maximum atomic E-state index is 13.1. The molecular weight excluding hydrogens is 456 g/mol. The van der Waals surface area contributed by atoms with Crippen LogP contribution in [-0.2, 0) is 0 Å². The summed E-state index contributed by atoms with van der Waals surface area (Å²) in [5.41, 5.74) is 1.47. The number of rotatable bonds is 7. The minimum Gasteiger partial charge on any atom is -0.618 e. The van der Waals surface area contributed by atoms with E-state index in [0.29, 0.717) is 27.8 Å². The Morgan fingerprint density at radius 2 is 1.94 bits per heavy atom. The number of fused-ring (bicyclic) bond motifs is 1. The number of ether oxygens (including phenoxy) is 1. The Morgan fingerprint density at radius 1 is 1.19 bits per heavy atom. The van der Waals surface area contributed by atoms with Crippen molar-refractivity contribution < 1.29 is 19.4 Å². The van der Waals surface area contributed by atoms with Gasteiger partial charge in [0.2, 0.25) is 0 Å². The first-order chi connectivity index (χ1) is 17.3. The monoisotopic (exact) mass is 490 g/mol. The zero-order chi connectivity index (χ0) is 25.0. The van der Waals surface area contributed by atoms with E-state index in [1.807, 2.05) is 36.9 Å². The number of nitrogens with one attached hydrogen (secondary N) is 1. The predicted molar refractivity (Wildman–Crippen MR) is 136 cm³/mol. The third-order valence-corrected chi connectivity index (χ3v) is 8.02. The highest BCUT2D eigenvalue weighted by Gasteiger charge is 2.45. The number of pyridine rings is 1. The smallest absolute Gasteiger partial charge is 0.321 e. The molecule has 0 aliphatic heterocycles. The molecule has 0 bridgehead atoms. The summed E-state index contributed by atoms with van der Waals surface area (Å²) in [6.07, 6.45) is 9.90. The van der Waals surface area contributed by atoms with E-state index in [0.717, 1.165) is 62.3 Å². The average Bonchev–Trinajstić information content (AvgIpc) is 3.77. The van der Waals surface area contributed by atoms with Gasteiger partial charge in [-0.25, -0.2) is 0 Å². The first kappa shape index (κ1) is 23.3. The number of aliphatic hydroxyl groups is 1. The van der Waals surface area contributed by atoms with Crippen molar-refractivity contribution in [1.82, 2.24) is 9.78 Å². The molecule has 2 heterocycles. The van der Waals surface area contributed by atoms with Crippen molar-refractivity contribution in [2.45, 2.75) is 88.9 Å². The van der Waals surface area contributed by atoms with Crippen molar-refractivity contribution in [3.63, 3.8) is 0 Å². The molecule has 3 aliphatic rings. The summed E-state index contributed by atoms with van der Waals surface area (Å²) < 4.78 is 8.85. The van der Waals surface area contributed by atoms with E-state index in [-0.39, 0.29) is 23.8 Å². The van der Waals surface area contributed by atoms with E-state index >= 15 is 0 Å². The largest absolute Gasteiger partial charge is 0.618 e. The molecule has 8 nitrogen and oxygen atoms in total. The second-order valence-electron chi connectivity index (χ2n) is 11.2. The zero-order valence-electron chi connectivity index (χ0n) is 20.9. The summed E-state index contributed by atoms with van der Waals surface area (Å²) in [6, 6.07) is 9.05. The summed E-state index contributed by atoms with van der Waals surface area (Å²) in [5.74, 6) is 0.600. The summed E-state index contributed by atoms with van der Waals surface area (Å²) in [5, 5.41) is 32.4. The number of carbonyl (C=O) groups is 1. The van der Waals surface area contributed by atoms with E-state index in [4.69, 9.17) is 9.84 Å². The van der Waals surface area contributed by atoms with Crippen LogP contribution < -0.4 is 14.8 Å². The Kier molecular flexibility index (Phi) is 5.67. The van der Waals surface area contributed by atoms with Gasteiger partial charge >= 0.3 is 5.91 Å². The molecular formula is C28H34N4O4. The first-order valence-corrected chi connectivity index (χ1v) is 13.3. The molecule has 3 aliphatic carbocycles. The van der Waals surface area contributed by atoms with Gasteiger partial charge in [-0.3, -0.25) is 9.48 Å². The molecule has 6 rings (SSSR count). The third-order valence-electron chi connectivity index (χ3n) is 8.02. The molecule has 0 unspecified atom stereocenters. The quantitative estimate of drug-likeness (QED) is 0.364. The molecule has 190 valence electrons. The maximum Gasteiger partial charge on any atom is 0.321 e. The standard InChI is InChI=1S/C28H34N4O4/c1-17(2)24-4-3-5-25(32(24)35)27(33)29-23-14-18-16-31(30-22(18)15-26(23)36-21-8-9-21)20-10-12-28(34,13-11-20)19-6-7-19/h3-5,14-17,19-21,34H,6-13H2,1-2H3,(H,29,33). The topological polar surface area (TPSA) is 103 Å². The summed E-state index contributed by atoms with van der Waals surface area (Å²) >= 11 is 0. The van der Waals surface area contributed by atoms with Crippen LogP contribution in [0.1, 0.15) is 93.4 Å². The molecule has 2 N–H and O–H groups in total. The lowest BCUT2D eigenvalue weighted by Crippen LogP contribution is -2.41. The summed E-state index contributed by atoms with van der Waals surface area (Å²) in [6.45, 7) is 3.86. The van der Waals surface area contributed by atoms with Crippen LogP contribution in [0, 0.1) is 11.1 Å². The van der Waals surface area contributed by atoms with Crippen molar-refractivity contribution in [2.75, 3.05) is 5.32 Å². The molecule has 0 saturated heterocycles. The van der Waals surface area contributed by atoms with Gasteiger partial charge in [-0.05, 0) is 69.4 Å². The lowest BCUT2D eigenvalue weighted by Gasteiger charge is -2.36. The van der Waals surface area contributed by atoms with Crippen LogP contribution in [0.3, 0.4) is 0 Å². The molecule has 3 fully saturated rings. The minimum absolute atomic E-state index is 0.00579. The average molecular weight is 491 g/mol. The van der Waals surface area contributed by atoms with Crippen LogP contribution in [0.4, 0.5) is 5.69 Å². The predicted octanol–water partition coefficient (Wildman–Crippen LogP) is 4.84. The molecule has 2 aromatic heterocycles. The highest BCUT2D eigenvalue weighted by molar-refractivity contribution is 6.04. The van der Waals surface area contributed by atoms with Crippen LogP contribution >= 0.6 is 0 Å². The second-order valence-corrected chi connectivity index (χ2v) is 11.2. The minimum atomic E-state index is -0.489. The molecule has 3 aromatic rings. The lowest BCUT2D eigenvalue weighted by molar-refractivity contribution is -0.617. The van der Waals surface area contributed by atoms with Crippen LogP contribution in [-0.4, -0.2) is 32.5 Å². The maximum absolute atomic E-state index is 13.1. The molecule has 8 heteroatoms. The lowest BCUT2D eigenvalue weighted by atomic mass is 9.79. The number of hydrogen-bond acceptors (Lipinski definition) is 5. The first-order valence-electron chi connectivity index (χ1n) is 13.3. The Labute approximate surface area is 210 Å². The fourth-order valence-electron chi connectivity index (χ4n) is 5.51. The molecule has 0 atom stereocenters. The van der Waals surface area contributed by atoms with Gasteiger partial charge in [0, 0.05) is 35.7 Å². The Bertz CT molecular complexity index is 1300. The number of amides is 1. The normalized spacial score (nSPS) is 24.3. The van der Waals surface area contributed by atoms with Gasteiger partial charge < -0.3 is 20.4 Å². The third kappa shape index (κ3) is 4.43. The Morgan fingerprint density at radius 3 is 2.61 bits per heavy atom. The second kappa shape index (κ2) is 8.76. The van der Waals surface area contributed by atoms with Crippen LogP contribution in [0.2, 0.25) is 0 Å². The van der Waals surface area contributed by atoms with Gasteiger partial charge in [0.05, 0.1) is 29.0 Å². The van der Waals surface area contributed by atoms with Crippen molar-refractivity contribution in [2.24, 2.45) is 5.92 Å². The highest BCUT2D eigenvalue weighted by Crippen LogP contribution is 2.49.